The molecule has 0 atom stereocenters. The first-order chi connectivity index (χ1) is 13.1. The summed E-state index contributed by atoms with van der Waals surface area (Å²) in [5.74, 6) is -1.29. The number of carbonyl (C=O) groups excluding carboxylic acids is 2. The summed E-state index contributed by atoms with van der Waals surface area (Å²) < 4.78 is 34.1. The lowest BCUT2D eigenvalue weighted by Gasteiger charge is -2.20. The van der Waals surface area contributed by atoms with E-state index in [1.165, 1.54) is 34.1 Å². The molecule has 0 spiro atoms. The van der Waals surface area contributed by atoms with Gasteiger partial charge in [0, 0.05) is 42.2 Å². The van der Waals surface area contributed by atoms with E-state index in [9.17, 15) is 14.2 Å². The van der Waals surface area contributed by atoms with Crippen molar-refractivity contribution in [2.75, 3.05) is 14.2 Å². The third-order valence-corrected chi connectivity index (χ3v) is 5.69. The van der Waals surface area contributed by atoms with E-state index < -0.39 is 19.5 Å². The van der Waals surface area contributed by atoms with Crippen molar-refractivity contribution in [3.05, 3.63) is 54.6 Å². The molecule has 0 unspecified atom stereocenters. The Balaban J connectivity index is 2.86. The first-order valence-corrected chi connectivity index (χ1v) is 9.72. The number of benzene rings is 2. The third kappa shape index (κ3) is 4.22. The van der Waals surface area contributed by atoms with E-state index in [0.717, 1.165) is 0 Å². The maximum absolute atomic E-state index is 13.1. The summed E-state index contributed by atoms with van der Waals surface area (Å²) in [6.45, 7) is 10.1. The highest BCUT2D eigenvalue weighted by Crippen LogP contribution is 2.50. The molecule has 0 saturated heterocycles. The second-order valence-corrected chi connectivity index (χ2v) is 8.18. The van der Waals surface area contributed by atoms with Crippen LogP contribution in [0.5, 0.6) is 11.5 Å². The van der Waals surface area contributed by atoms with Gasteiger partial charge in [0.05, 0.1) is 0 Å². The number of hydrogen-bond donors (Lipinski definition) is 0. The van der Waals surface area contributed by atoms with Crippen LogP contribution in [0.3, 0.4) is 0 Å². The third-order valence-electron chi connectivity index (χ3n) is 3.81. The minimum absolute atomic E-state index is 0.0224. The van der Waals surface area contributed by atoms with E-state index in [0.29, 0.717) is 10.8 Å². The van der Waals surface area contributed by atoms with Crippen molar-refractivity contribution in [3.8, 4) is 11.5 Å². The summed E-state index contributed by atoms with van der Waals surface area (Å²) in [6.07, 6.45) is 0. The Hall–Kier alpha value is -2.73. The summed E-state index contributed by atoms with van der Waals surface area (Å²) in [7, 11) is -1.48. The van der Waals surface area contributed by atoms with E-state index in [4.69, 9.17) is 18.5 Å². The van der Waals surface area contributed by atoms with Gasteiger partial charge in [0.1, 0.15) is 11.1 Å². The fourth-order valence-corrected chi connectivity index (χ4v) is 3.57. The molecule has 2 rings (SSSR count). The van der Waals surface area contributed by atoms with Gasteiger partial charge >= 0.3 is 19.5 Å². The monoisotopic (exact) mass is 404 g/mol. The average molecular weight is 404 g/mol. The van der Waals surface area contributed by atoms with Gasteiger partial charge in [-0.2, -0.15) is 0 Å². The molecule has 0 aliphatic carbocycles. The van der Waals surface area contributed by atoms with Crippen molar-refractivity contribution in [2.24, 2.45) is 0 Å². The molecule has 0 heterocycles. The second-order valence-electron chi connectivity index (χ2n) is 5.97. The molecule has 0 aromatic heterocycles. The van der Waals surface area contributed by atoms with Gasteiger partial charge in [0.25, 0.3) is 0 Å². The van der Waals surface area contributed by atoms with E-state index in [1.54, 1.807) is 24.3 Å². The molecular formula is C20H21O7P. The normalized spacial score (nSPS) is 11.1. The highest BCUT2D eigenvalue weighted by atomic mass is 31.2. The summed E-state index contributed by atoms with van der Waals surface area (Å²) in [6, 6.07) is 8.02. The Morgan fingerprint density at radius 2 is 1.39 bits per heavy atom. The zero-order valence-electron chi connectivity index (χ0n) is 16.1. The zero-order chi connectivity index (χ0) is 21.1. The second kappa shape index (κ2) is 8.52. The van der Waals surface area contributed by atoms with Crippen LogP contribution in [0.15, 0.2) is 54.6 Å². The molecule has 28 heavy (non-hydrogen) atoms. The van der Waals surface area contributed by atoms with Crippen molar-refractivity contribution < 1.29 is 32.7 Å². The van der Waals surface area contributed by atoms with Crippen LogP contribution in [-0.4, -0.2) is 26.2 Å². The van der Waals surface area contributed by atoms with Crippen LogP contribution < -0.4 is 14.8 Å². The van der Waals surface area contributed by atoms with Crippen LogP contribution in [0.4, 0.5) is 0 Å². The Labute approximate surface area is 163 Å². The summed E-state index contributed by atoms with van der Waals surface area (Å²) in [5.41, 5.74) is 0.336. The Kier molecular flexibility index (Phi) is 6.56. The Bertz CT molecular complexity index is 1010. The fourth-order valence-electron chi connectivity index (χ4n) is 2.33. The molecule has 0 amide bonds. The van der Waals surface area contributed by atoms with E-state index in [-0.39, 0.29) is 27.9 Å². The van der Waals surface area contributed by atoms with Crippen molar-refractivity contribution in [2.45, 2.75) is 13.8 Å². The van der Waals surface area contributed by atoms with Gasteiger partial charge in [0.15, 0.2) is 5.75 Å². The van der Waals surface area contributed by atoms with Gasteiger partial charge in [-0.05, 0) is 13.8 Å². The standard InChI is InChI=1S/C20H21O7P/c1-12(2)19(21)26-16-11-17(28(23,24-5)25-6)18(27-20(22)13(3)4)15-10-8-7-9-14(15)16/h7-11H,1,3H2,2,4-6H3. The zero-order valence-corrected chi connectivity index (χ0v) is 17.0. The predicted molar refractivity (Wildman–Crippen MR) is 106 cm³/mol. The lowest BCUT2D eigenvalue weighted by atomic mass is 10.1. The number of esters is 2. The molecule has 8 heteroatoms. The van der Waals surface area contributed by atoms with Gasteiger partial charge in [-0.25, -0.2) is 9.59 Å². The fraction of sp³-hybridized carbons (Fsp3) is 0.200. The van der Waals surface area contributed by atoms with Gasteiger partial charge in [-0.1, -0.05) is 37.4 Å². The van der Waals surface area contributed by atoms with Crippen LogP contribution in [0, 0.1) is 0 Å². The van der Waals surface area contributed by atoms with Crippen molar-refractivity contribution in [1.82, 2.24) is 0 Å². The highest BCUT2D eigenvalue weighted by Gasteiger charge is 2.33. The van der Waals surface area contributed by atoms with Crippen LogP contribution in [0.2, 0.25) is 0 Å². The van der Waals surface area contributed by atoms with E-state index >= 15 is 0 Å². The first-order valence-electron chi connectivity index (χ1n) is 8.17. The Morgan fingerprint density at radius 3 is 1.89 bits per heavy atom. The molecule has 0 saturated carbocycles. The van der Waals surface area contributed by atoms with E-state index in [2.05, 4.69) is 13.2 Å². The minimum Gasteiger partial charge on any atom is -0.422 e. The predicted octanol–water partition coefficient (Wildman–Crippen LogP) is 3.91. The number of rotatable bonds is 7. The molecule has 148 valence electrons. The van der Waals surface area contributed by atoms with Crippen molar-refractivity contribution in [1.29, 1.82) is 0 Å². The van der Waals surface area contributed by atoms with E-state index in [1.807, 2.05) is 0 Å². The molecule has 7 nitrogen and oxygen atoms in total. The largest absolute Gasteiger partial charge is 0.422 e. The van der Waals surface area contributed by atoms with Gasteiger partial charge in [-0.3, -0.25) is 4.57 Å². The maximum atomic E-state index is 13.1. The lowest BCUT2D eigenvalue weighted by molar-refractivity contribution is -0.131. The molecule has 0 aliphatic rings. The molecule has 0 fully saturated rings. The van der Waals surface area contributed by atoms with Crippen LogP contribution in [0.25, 0.3) is 10.8 Å². The molecule has 0 aliphatic heterocycles. The molecule has 0 radical (unpaired) electrons. The van der Waals surface area contributed by atoms with Crippen molar-refractivity contribution >= 4 is 35.6 Å². The molecule has 0 bridgehead atoms. The van der Waals surface area contributed by atoms with Gasteiger partial charge in [0.2, 0.25) is 0 Å². The SMILES string of the molecule is C=C(C)C(=O)Oc1cc(P(=O)(OC)OC)c(OC(=O)C(=C)C)c2ccccc12. The number of ether oxygens (including phenoxy) is 2. The first kappa shape index (κ1) is 21.6. The molecule has 2 aromatic carbocycles. The highest BCUT2D eigenvalue weighted by molar-refractivity contribution is 7.62. The Morgan fingerprint density at radius 1 is 0.893 bits per heavy atom. The molecular weight excluding hydrogens is 383 g/mol. The maximum Gasteiger partial charge on any atom is 0.364 e. The summed E-state index contributed by atoms with van der Waals surface area (Å²) in [4.78, 5) is 24.2. The van der Waals surface area contributed by atoms with Crippen LogP contribution in [-0.2, 0) is 23.2 Å². The number of fused-ring (bicyclic) bond motifs is 1. The van der Waals surface area contributed by atoms with Gasteiger partial charge < -0.3 is 18.5 Å². The summed E-state index contributed by atoms with van der Waals surface area (Å²) in [5, 5.41) is 0.785. The van der Waals surface area contributed by atoms with Crippen LogP contribution >= 0.6 is 7.60 Å². The quantitative estimate of drug-likeness (QED) is 0.299. The van der Waals surface area contributed by atoms with Crippen molar-refractivity contribution in [3.63, 3.8) is 0 Å². The topological polar surface area (TPSA) is 88.1 Å². The summed E-state index contributed by atoms with van der Waals surface area (Å²) >= 11 is 0. The van der Waals surface area contributed by atoms with Gasteiger partial charge in [-0.15, -0.1) is 0 Å². The average Bonchev–Trinajstić information content (AvgIpc) is 2.68. The minimum atomic E-state index is -3.88. The lowest BCUT2D eigenvalue weighted by Crippen LogP contribution is -2.19. The number of carbonyl (C=O) groups is 2. The molecule has 2 aromatic rings. The number of hydrogen-bond acceptors (Lipinski definition) is 7. The van der Waals surface area contributed by atoms with Crippen LogP contribution in [0.1, 0.15) is 13.8 Å². The molecule has 0 N–H and O–H groups in total. The smallest absolute Gasteiger partial charge is 0.364 e.